The fourth-order valence-electron chi connectivity index (χ4n) is 2.29. The highest BCUT2D eigenvalue weighted by atomic mass is 32.1. The minimum atomic E-state index is -0.878. The van der Waals surface area contributed by atoms with Gasteiger partial charge in [-0.05, 0) is 18.9 Å². The standard InChI is InChI=1S/C17H28O3S/c1-3-5-6-7-8-9-10-12-20-15-13-14(11-4-2)21-16(15)17(18)19/h13H,3-12H2,1-2H3,(H,18,19). The lowest BCUT2D eigenvalue weighted by Gasteiger charge is -2.05. The van der Waals surface area contributed by atoms with Crippen molar-refractivity contribution in [2.24, 2.45) is 0 Å². The van der Waals surface area contributed by atoms with Crippen LogP contribution in [0.2, 0.25) is 0 Å². The molecule has 0 aliphatic heterocycles. The molecule has 0 spiro atoms. The maximum absolute atomic E-state index is 11.2. The van der Waals surface area contributed by atoms with E-state index >= 15 is 0 Å². The summed E-state index contributed by atoms with van der Waals surface area (Å²) < 4.78 is 5.68. The second kappa shape index (κ2) is 10.7. The lowest BCUT2D eigenvalue weighted by atomic mass is 10.1. The predicted molar refractivity (Wildman–Crippen MR) is 88.8 cm³/mol. The number of aryl methyl sites for hydroxylation is 1. The lowest BCUT2D eigenvalue weighted by molar-refractivity contribution is 0.0698. The van der Waals surface area contributed by atoms with Gasteiger partial charge in [0.05, 0.1) is 6.61 Å². The maximum Gasteiger partial charge on any atom is 0.349 e. The molecule has 1 aromatic rings. The molecule has 0 saturated heterocycles. The Kier molecular flexibility index (Phi) is 9.15. The van der Waals surface area contributed by atoms with Crippen LogP contribution in [0.4, 0.5) is 0 Å². The van der Waals surface area contributed by atoms with Crippen LogP contribution in [0, 0.1) is 0 Å². The van der Waals surface area contributed by atoms with Gasteiger partial charge in [0.1, 0.15) is 5.75 Å². The zero-order valence-corrected chi connectivity index (χ0v) is 14.1. The molecule has 1 N–H and O–H groups in total. The van der Waals surface area contributed by atoms with E-state index < -0.39 is 5.97 Å². The topological polar surface area (TPSA) is 46.5 Å². The van der Waals surface area contributed by atoms with Gasteiger partial charge >= 0.3 is 5.97 Å². The number of hydrogen-bond donors (Lipinski definition) is 1. The molecule has 0 fully saturated rings. The van der Waals surface area contributed by atoms with Crippen LogP contribution < -0.4 is 4.74 Å². The molecule has 21 heavy (non-hydrogen) atoms. The van der Waals surface area contributed by atoms with Crippen molar-refractivity contribution in [1.29, 1.82) is 0 Å². The lowest BCUT2D eigenvalue weighted by Crippen LogP contribution is -2.01. The van der Waals surface area contributed by atoms with Gasteiger partial charge in [0.25, 0.3) is 0 Å². The summed E-state index contributed by atoms with van der Waals surface area (Å²) in [6, 6.07) is 1.90. The minimum Gasteiger partial charge on any atom is -0.492 e. The summed E-state index contributed by atoms with van der Waals surface area (Å²) in [7, 11) is 0. The molecule has 0 aromatic carbocycles. The van der Waals surface area contributed by atoms with E-state index in [1.165, 1.54) is 43.4 Å². The summed E-state index contributed by atoms with van der Waals surface area (Å²) in [5, 5.41) is 9.20. The van der Waals surface area contributed by atoms with Crippen LogP contribution in [0.25, 0.3) is 0 Å². The van der Waals surface area contributed by atoms with E-state index in [0.29, 0.717) is 17.2 Å². The molecular weight excluding hydrogens is 284 g/mol. The molecule has 0 radical (unpaired) electrons. The summed E-state index contributed by atoms with van der Waals surface area (Å²) in [4.78, 5) is 12.7. The first-order valence-corrected chi connectivity index (χ1v) is 8.99. The van der Waals surface area contributed by atoms with E-state index in [4.69, 9.17) is 4.74 Å². The van der Waals surface area contributed by atoms with Crippen molar-refractivity contribution >= 4 is 17.3 Å². The van der Waals surface area contributed by atoms with Crippen LogP contribution in [0.5, 0.6) is 5.75 Å². The fourth-order valence-corrected chi connectivity index (χ4v) is 3.33. The van der Waals surface area contributed by atoms with Crippen molar-refractivity contribution in [2.75, 3.05) is 6.61 Å². The number of rotatable bonds is 12. The first kappa shape index (κ1) is 18.0. The Morgan fingerprint density at radius 2 is 1.76 bits per heavy atom. The Morgan fingerprint density at radius 1 is 1.10 bits per heavy atom. The maximum atomic E-state index is 11.2. The Labute approximate surface area is 132 Å². The van der Waals surface area contributed by atoms with Crippen LogP contribution in [-0.4, -0.2) is 17.7 Å². The normalized spacial score (nSPS) is 10.8. The molecule has 1 aromatic heterocycles. The minimum absolute atomic E-state index is 0.349. The quantitative estimate of drug-likeness (QED) is 0.516. The molecule has 0 bridgehead atoms. The number of unbranched alkanes of at least 4 members (excludes halogenated alkanes) is 6. The van der Waals surface area contributed by atoms with Crippen molar-refractivity contribution in [3.05, 3.63) is 15.8 Å². The first-order valence-electron chi connectivity index (χ1n) is 8.17. The van der Waals surface area contributed by atoms with Crippen molar-refractivity contribution in [2.45, 2.75) is 71.6 Å². The summed E-state index contributed by atoms with van der Waals surface area (Å²) in [6.45, 7) is 4.94. The third kappa shape index (κ3) is 6.98. The summed E-state index contributed by atoms with van der Waals surface area (Å²) in [5.74, 6) is -0.321. The third-order valence-electron chi connectivity index (χ3n) is 3.45. The molecule has 0 aliphatic carbocycles. The van der Waals surface area contributed by atoms with Crippen LogP contribution >= 0.6 is 11.3 Å². The van der Waals surface area contributed by atoms with E-state index in [1.807, 2.05) is 6.07 Å². The zero-order valence-electron chi connectivity index (χ0n) is 13.3. The number of carboxylic acids is 1. The van der Waals surface area contributed by atoms with Crippen LogP contribution in [0.15, 0.2) is 6.07 Å². The van der Waals surface area contributed by atoms with Crippen molar-refractivity contribution in [3.63, 3.8) is 0 Å². The largest absolute Gasteiger partial charge is 0.492 e. The number of aromatic carboxylic acids is 1. The van der Waals surface area contributed by atoms with Crippen molar-refractivity contribution < 1.29 is 14.6 Å². The van der Waals surface area contributed by atoms with E-state index in [1.54, 1.807) is 0 Å². The van der Waals surface area contributed by atoms with Gasteiger partial charge < -0.3 is 9.84 Å². The van der Waals surface area contributed by atoms with E-state index in [0.717, 1.165) is 30.6 Å². The highest BCUT2D eigenvalue weighted by molar-refractivity contribution is 7.14. The monoisotopic (exact) mass is 312 g/mol. The molecule has 1 rings (SSSR count). The molecule has 0 saturated carbocycles. The number of carboxylic acid groups (broad SMARTS) is 1. The molecule has 0 atom stereocenters. The highest BCUT2D eigenvalue weighted by Crippen LogP contribution is 2.30. The summed E-state index contributed by atoms with van der Waals surface area (Å²) in [5.41, 5.74) is 0. The summed E-state index contributed by atoms with van der Waals surface area (Å²) in [6.07, 6.45) is 10.6. The number of hydrogen-bond acceptors (Lipinski definition) is 3. The van der Waals surface area contributed by atoms with E-state index in [2.05, 4.69) is 13.8 Å². The molecular formula is C17H28O3S. The Hall–Kier alpha value is -1.03. The highest BCUT2D eigenvalue weighted by Gasteiger charge is 2.16. The van der Waals surface area contributed by atoms with Gasteiger partial charge in [-0.15, -0.1) is 11.3 Å². The van der Waals surface area contributed by atoms with Gasteiger partial charge in [-0.25, -0.2) is 4.79 Å². The Morgan fingerprint density at radius 3 is 2.38 bits per heavy atom. The Balaban J connectivity index is 2.29. The summed E-state index contributed by atoms with van der Waals surface area (Å²) >= 11 is 1.35. The molecule has 1 heterocycles. The average Bonchev–Trinajstić information content (AvgIpc) is 2.85. The zero-order chi connectivity index (χ0) is 15.5. The van der Waals surface area contributed by atoms with E-state index in [9.17, 15) is 9.90 Å². The average molecular weight is 312 g/mol. The smallest absolute Gasteiger partial charge is 0.349 e. The molecule has 120 valence electrons. The molecule has 0 unspecified atom stereocenters. The fraction of sp³-hybridized carbons (Fsp3) is 0.706. The molecule has 3 nitrogen and oxygen atoms in total. The van der Waals surface area contributed by atoms with Crippen LogP contribution in [0.1, 0.15) is 79.8 Å². The van der Waals surface area contributed by atoms with Crippen LogP contribution in [0.3, 0.4) is 0 Å². The third-order valence-corrected chi connectivity index (χ3v) is 4.61. The molecule has 0 aliphatic rings. The predicted octanol–water partition coefficient (Wildman–Crippen LogP) is 5.53. The van der Waals surface area contributed by atoms with Gasteiger partial charge in [-0.3, -0.25) is 0 Å². The second-order valence-corrected chi connectivity index (χ2v) is 6.57. The van der Waals surface area contributed by atoms with Crippen molar-refractivity contribution in [1.82, 2.24) is 0 Å². The van der Waals surface area contributed by atoms with Gasteiger partial charge in [-0.1, -0.05) is 58.8 Å². The first-order chi connectivity index (χ1) is 10.2. The molecule has 4 heteroatoms. The Bertz CT molecular complexity index is 412. The van der Waals surface area contributed by atoms with Crippen LogP contribution in [-0.2, 0) is 6.42 Å². The van der Waals surface area contributed by atoms with Gasteiger partial charge in [-0.2, -0.15) is 0 Å². The van der Waals surface area contributed by atoms with Gasteiger partial charge in [0.15, 0.2) is 4.88 Å². The SMILES string of the molecule is CCCCCCCCCOc1cc(CCC)sc1C(=O)O. The van der Waals surface area contributed by atoms with Gasteiger partial charge in [0, 0.05) is 4.88 Å². The second-order valence-electron chi connectivity index (χ2n) is 5.43. The molecule has 0 amide bonds. The number of carbonyl (C=O) groups is 1. The van der Waals surface area contributed by atoms with E-state index in [-0.39, 0.29) is 0 Å². The van der Waals surface area contributed by atoms with Crippen molar-refractivity contribution in [3.8, 4) is 5.75 Å². The van der Waals surface area contributed by atoms with Gasteiger partial charge in [0.2, 0.25) is 0 Å². The number of ether oxygens (including phenoxy) is 1. The number of thiophene rings is 1.